The lowest BCUT2D eigenvalue weighted by atomic mass is 10.0. The summed E-state index contributed by atoms with van der Waals surface area (Å²) in [5.41, 5.74) is 1.24. The topological polar surface area (TPSA) is 144 Å². The fraction of sp³-hybridized carbons (Fsp3) is 0.500. The SMILES string of the molecule is CCOc1ccc(CCCNC(=O)[C@@H]2CC(=O)N[C@@H](C)C(=O)N[C@@H](CC(C)C)COc3ccccc3C(=O)N2)cc1OC. The Balaban J connectivity index is 1.71. The van der Waals surface area contributed by atoms with Crippen molar-refractivity contribution in [2.75, 3.05) is 26.9 Å². The van der Waals surface area contributed by atoms with E-state index < -0.39 is 29.8 Å². The van der Waals surface area contributed by atoms with Gasteiger partial charge in [-0.1, -0.05) is 32.0 Å². The number of methoxy groups -OCH3 is 1. The number of hydrogen-bond donors (Lipinski definition) is 4. The highest BCUT2D eigenvalue weighted by molar-refractivity contribution is 6.01. The Bertz CT molecular complexity index is 1270. The molecule has 0 radical (unpaired) electrons. The minimum atomic E-state index is -1.17. The molecule has 3 atom stereocenters. The summed E-state index contributed by atoms with van der Waals surface area (Å²) in [5, 5.41) is 11.1. The molecule has 3 rings (SSSR count). The van der Waals surface area contributed by atoms with Crippen molar-refractivity contribution in [2.45, 2.75) is 71.5 Å². The van der Waals surface area contributed by atoms with Crippen molar-refractivity contribution < 1.29 is 33.4 Å². The van der Waals surface area contributed by atoms with E-state index in [0.29, 0.717) is 49.7 Å². The predicted octanol–water partition coefficient (Wildman–Crippen LogP) is 2.76. The van der Waals surface area contributed by atoms with Crippen molar-refractivity contribution in [3.05, 3.63) is 53.6 Å². The summed E-state index contributed by atoms with van der Waals surface area (Å²) in [6.45, 7) is 8.53. The molecule has 43 heavy (non-hydrogen) atoms. The average Bonchev–Trinajstić information content (AvgIpc) is 2.97. The van der Waals surface area contributed by atoms with E-state index >= 15 is 0 Å². The van der Waals surface area contributed by atoms with Gasteiger partial charge in [-0.2, -0.15) is 0 Å². The van der Waals surface area contributed by atoms with Crippen LogP contribution in [0.2, 0.25) is 0 Å². The molecule has 4 amide bonds. The summed E-state index contributed by atoms with van der Waals surface area (Å²) in [4.78, 5) is 52.3. The number of aryl methyl sites for hydroxylation is 1. The Morgan fingerprint density at radius 2 is 1.84 bits per heavy atom. The van der Waals surface area contributed by atoms with E-state index in [4.69, 9.17) is 14.2 Å². The lowest BCUT2D eigenvalue weighted by Crippen LogP contribution is -2.53. The Kier molecular flexibility index (Phi) is 12.7. The maximum Gasteiger partial charge on any atom is 0.255 e. The van der Waals surface area contributed by atoms with E-state index in [1.807, 2.05) is 39.0 Å². The van der Waals surface area contributed by atoms with Crippen LogP contribution in [0, 0.1) is 5.92 Å². The number of hydrogen-bond acceptors (Lipinski definition) is 7. The molecule has 0 saturated heterocycles. The van der Waals surface area contributed by atoms with Gasteiger partial charge in [0.05, 0.1) is 31.7 Å². The molecule has 0 saturated carbocycles. The number of amides is 4. The smallest absolute Gasteiger partial charge is 0.255 e. The minimum absolute atomic E-state index is 0.138. The lowest BCUT2D eigenvalue weighted by molar-refractivity contribution is -0.131. The largest absolute Gasteiger partial charge is 0.493 e. The highest BCUT2D eigenvalue weighted by Gasteiger charge is 2.28. The fourth-order valence-electron chi connectivity index (χ4n) is 4.80. The van der Waals surface area contributed by atoms with Gasteiger partial charge in [0.15, 0.2) is 11.5 Å². The Hall–Kier alpha value is -4.28. The standard InChI is InChI=1S/C32H44N4O7/c1-6-42-27-14-13-22(17-28(27)41-5)10-9-15-33-32(40)25-18-29(37)34-21(4)30(38)35-23(16-20(2)3)19-43-26-12-8-7-11-24(26)31(39)36-25/h7-8,11-14,17,20-21,23,25H,6,9-10,15-16,18-19H2,1-5H3,(H,33,40)(H,34,37)(H,35,38)(H,36,39)/t21-,23-,25-/m0/s1. The van der Waals surface area contributed by atoms with Crippen LogP contribution >= 0.6 is 0 Å². The molecule has 2 aromatic rings. The van der Waals surface area contributed by atoms with Crippen molar-refractivity contribution in [1.29, 1.82) is 0 Å². The molecule has 1 aliphatic rings. The molecule has 1 heterocycles. The molecule has 4 N–H and O–H groups in total. The summed E-state index contributed by atoms with van der Waals surface area (Å²) < 4.78 is 17.0. The first-order valence-corrected chi connectivity index (χ1v) is 14.8. The fourth-order valence-corrected chi connectivity index (χ4v) is 4.80. The summed E-state index contributed by atoms with van der Waals surface area (Å²) in [7, 11) is 1.58. The Morgan fingerprint density at radius 3 is 2.56 bits per heavy atom. The van der Waals surface area contributed by atoms with Gasteiger partial charge in [-0.15, -0.1) is 0 Å². The molecular weight excluding hydrogens is 552 g/mol. The van der Waals surface area contributed by atoms with Crippen molar-refractivity contribution in [3.63, 3.8) is 0 Å². The molecule has 0 fully saturated rings. The van der Waals surface area contributed by atoms with Gasteiger partial charge in [-0.3, -0.25) is 19.2 Å². The molecule has 11 heteroatoms. The van der Waals surface area contributed by atoms with Crippen LogP contribution in [-0.4, -0.2) is 68.6 Å². The van der Waals surface area contributed by atoms with Crippen LogP contribution in [0.3, 0.4) is 0 Å². The molecule has 0 unspecified atom stereocenters. The molecule has 0 aromatic heterocycles. The van der Waals surface area contributed by atoms with Crippen molar-refractivity contribution in [2.24, 2.45) is 5.92 Å². The molecule has 2 aromatic carbocycles. The van der Waals surface area contributed by atoms with E-state index in [-0.39, 0.29) is 36.5 Å². The van der Waals surface area contributed by atoms with Gasteiger partial charge in [0.1, 0.15) is 24.4 Å². The van der Waals surface area contributed by atoms with Gasteiger partial charge >= 0.3 is 0 Å². The zero-order valence-electron chi connectivity index (χ0n) is 25.7. The molecular formula is C32H44N4O7. The van der Waals surface area contributed by atoms with Gasteiger partial charge in [0, 0.05) is 6.54 Å². The molecule has 0 aliphatic carbocycles. The number of carbonyl (C=O) groups excluding carboxylic acids is 4. The third-order valence-electron chi connectivity index (χ3n) is 6.93. The monoisotopic (exact) mass is 596 g/mol. The summed E-state index contributed by atoms with van der Waals surface area (Å²) in [6.07, 6.45) is 1.58. The van der Waals surface area contributed by atoms with Crippen LogP contribution in [0.25, 0.3) is 0 Å². The van der Waals surface area contributed by atoms with Crippen molar-refractivity contribution in [3.8, 4) is 17.2 Å². The van der Waals surface area contributed by atoms with Crippen LogP contribution in [0.5, 0.6) is 17.2 Å². The second-order valence-corrected chi connectivity index (χ2v) is 11.0. The second-order valence-electron chi connectivity index (χ2n) is 11.0. The van der Waals surface area contributed by atoms with Gasteiger partial charge in [0.25, 0.3) is 5.91 Å². The Labute approximate surface area is 253 Å². The molecule has 0 bridgehead atoms. The van der Waals surface area contributed by atoms with E-state index in [0.717, 1.165) is 5.56 Å². The highest BCUT2D eigenvalue weighted by Crippen LogP contribution is 2.28. The third kappa shape index (κ3) is 10.2. The molecule has 11 nitrogen and oxygen atoms in total. The van der Waals surface area contributed by atoms with Crippen LogP contribution in [0.4, 0.5) is 0 Å². The third-order valence-corrected chi connectivity index (χ3v) is 6.93. The molecule has 1 aliphatic heterocycles. The number of para-hydroxylation sites is 1. The number of nitrogens with one attached hydrogen (secondary N) is 4. The summed E-state index contributed by atoms with van der Waals surface area (Å²) in [6, 6.07) is 10.0. The average molecular weight is 597 g/mol. The zero-order chi connectivity index (χ0) is 31.4. The second kappa shape index (κ2) is 16.4. The number of rotatable bonds is 10. The van der Waals surface area contributed by atoms with Gasteiger partial charge < -0.3 is 35.5 Å². The number of ether oxygens (including phenoxy) is 3. The van der Waals surface area contributed by atoms with E-state index in [2.05, 4.69) is 21.3 Å². The van der Waals surface area contributed by atoms with Crippen LogP contribution in [0.15, 0.2) is 42.5 Å². The van der Waals surface area contributed by atoms with E-state index in [1.54, 1.807) is 38.3 Å². The van der Waals surface area contributed by atoms with Gasteiger partial charge in [-0.05, 0) is 68.9 Å². The summed E-state index contributed by atoms with van der Waals surface area (Å²) in [5.74, 6) is -0.0392. The first-order valence-electron chi connectivity index (χ1n) is 14.8. The number of benzene rings is 2. The van der Waals surface area contributed by atoms with E-state index in [1.165, 1.54) is 0 Å². The van der Waals surface area contributed by atoms with E-state index in [9.17, 15) is 19.2 Å². The molecule has 234 valence electrons. The van der Waals surface area contributed by atoms with Crippen LogP contribution in [-0.2, 0) is 20.8 Å². The lowest BCUT2D eigenvalue weighted by Gasteiger charge is -2.25. The normalized spacial score (nSPS) is 19.6. The minimum Gasteiger partial charge on any atom is -0.493 e. The number of carbonyl (C=O) groups is 4. The van der Waals surface area contributed by atoms with Crippen LogP contribution in [0.1, 0.15) is 62.9 Å². The summed E-state index contributed by atoms with van der Waals surface area (Å²) >= 11 is 0. The number of fused-ring (bicyclic) bond motifs is 1. The van der Waals surface area contributed by atoms with Crippen molar-refractivity contribution in [1.82, 2.24) is 21.3 Å². The highest BCUT2D eigenvalue weighted by atomic mass is 16.5. The maximum absolute atomic E-state index is 13.3. The predicted molar refractivity (Wildman–Crippen MR) is 162 cm³/mol. The first kappa shape index (κ1) is 33.2. The first-order chi connectivity index (χ1) is 20.6. The van der Waals surface area contributed by atoms with Gasteiger partial charge in [-0.25, -0.2) is 0 Å². The molecule has 0 spiro atoms. The van der Waals surface area contributed by atoms with Crippen LogP contribution < -0.4 is 35.5 Å². The maximum atomic E-state index is 13.3. The quantitative estimate of drug-likeness (QED) is 0.309. The zero-order valence-corrected chi connectivity index (χ0v) is 25.7. The Morgan fingerprint density at radius 1 is 1.07 bits per heavy atom. The van der Waals surface area contributed by atoms with Gasteiger partial charge in [0.2, 0.25) is 17.7 Å². The van der Waals surface area contributed by atoms with Crippen molar-refractivity contribution >= 4 is 23.6 Å².